The molecule has 0 radical (unpaired) electrons. The molecule has 1 heterocycles. The molecule has 0 saturated carbocycles. The third-order valence-corrected chi connectivity index (χ3v) is 3.91. The molecule has 1 aromatic rings. The Balaban J connectivity index is 1.76. The molecule has 7 heteroatoms. The lowest BCUT2D eigenvalue weighted by atomic mass is 10.2. The first kappa shape index (κ1) is 17.8. The third kappa shape index (κ3) is 5.28. The van der Waals surface area contributed by atoms with Crippen molar-refractivity contribution in [3.63, 3.8) is 0 Å². The van der Waals surface area contributed by atoms with E-state index >= 15 is 0 Å². The summed E-state index contributed by atoms with van der Waals surface area (Å²) in [6.07, 6.45) is 3.55. The number of nitrogens with one attached hydrogen (secondary N) is 2. The van der Waals surface area contributed by atoms with Crippen molar-refractivity contribution in [3.8, 4) is 6.07 Å². The van der Waals surface area contributed by atoms with Gasteiger partial charge in [-0.05, 0) is 37.1 Å². The minimum atomic E-state index is -0.438. The molecular formula is C17H19ClN4O2. The largest absolute Gasteiger partial charge is 0.360 e. The Morgan fingerprint density at radius 2 is 2.12 bits per heavy atom. The highest BCUT2D eigenvalue weighted by Gasteiger charge is 2.19. The van der Waals surface area contributed by atoms with Crippen molar-refractivity contribution in [1.82, 2.24) is 10.2 Å². The second kappa shape index (κ2) is 8.94. The highest BCUT2D eigenvalue weighted by atomic mass is 35.5. The molecule has 1 saturated heterocycles. The van der Waals surface area contributed by atoms with E-state index in [1.54, 1.807) is 29.2 Å². The van der Waals surface area contributed by atoms with Gasteiger partial charge < -0.3 is 15.5 Å². The van der Waals surface area contributed by atoms with Gasteiger partial charge in [0, 0.05) is 43.0 Å². The van der Waals surface area contributed by atoms with Crippen LogP contribution in [0.3, 0.4) is 0 Å². The van der Waals surface area contributed by atoms with E-state index in [0.717, 1.165) is 18.7 Å². The fourth-order valence-electron chi connectivity index (χ4n) is 2.36. The van der Waals surface area contributed by atoms with Crippen LogP contribution in [0.4, 0.5) is 5.69 Å². The molecule has 24 heavy (non-hydrogen) atoms. The second-order valence-electron chi connectivity index (χ2n) is 5.41. The average molecular weight is 347 g/mol. The normalized spacial score (nSPS) is 14.4. The van der Waals surface area contributed by atoms with Gasteiger partial charge in [-0.2, -0.15) is 5.26 Å². The maximum Gasteiger partial charge on any atom is 0.263 e. The number of benzene rings is 1. The Morgan fingerprint density at radius 3 is 2.75 bits per heavy atom. The predicted octanol–water partition coefficient (Wildman–Crippen LogP) is 2.29. The van der Waals surface area contributed by atoms with Crippen LogP contribution in [0, 0.1) is 11.3 Å². The zero-order valence-electron chi connectivity index (χ0n) is 13.2. The topological polar surface area (TPSA) is 85.2 Å². The van der Waals surface area contributed by atoms with Crippen molar-refractivity contribution in [3.05, 3.63) is 41.1 Å². The molecule has 0 atom stereocenters. The molecule has 1 aliphatic heterocycles. The minimum Gasteiger partial charge on any atom is -0.360 e. The Bertz CT molecular complexity index is 664. The monoisotopic (exact) mass is 346 g/mol. The van der Waals surface area contributed by atoms with Gasteiger partial charge in [-0.3, -0.25) is 9.59 Å². The number of carbonyl (C=O) groups excluding carboxylic acids is 2. The zero-order valence-corrected chi connectivity index (χ0v) is 14.0. The molecule has 2 N–H and O–H groups in total. The van der Waals surface area contributed by atoms with E-state index in [0.29, 0.717) is 31.0 Å². The molecule has 0 unspecified atom stereocenters. The number of rotatable bonds is 7. The van der Waals surface area contributed by atoms with Crippen molar-refractivity contribution in [1.29, 1.82) is 5.26 Å². The summed E-state index contributed by atoms with van der Waals surface area (Å²) in [7, 11) is 0. The van der Waals surface area contributed by atoms with Gasteiger partial charge in [-0.15, -0.1) is 0 Å². The summed E-state index contributed by atoms with van der Waals surface area (Å²) in [6.45, 7) is 1.84. The highest BCUT2D eigenvalue weighted by Crippen LogP contribution is 2.13. The maximum absolute atomic E-state index is 12.0. The van der Waals surface area contributed by atoms with Gasteiger partial charge in [-0.1, -0.05) is 11.6 Å². The molecule has 2 rings (SSSR count). The Labute approximate surface area is 146 Å². The first-order chi connectivity index (χ1) is 11.6. The van der Waals surface area contributed by atoms with Crippen molar-refractivity contribution >= 4 is 29.1 Å². The summed E-state index contributed by atoms with van der Waals surface area (Å²) in [6, 6.07) is 8.79. The number of nitriles is 1. The maximum atomic E-state index is 12.0. The van der Waals surface area contributed by atoms with Crippen LogP contribution in [0.1, 0.15) is 19.3 Å². The molecule has 6 nitrogen and oxygen atoms in total. The molecule has 1 aliphatic rings. The fourth-order valence-corrected chi connectivity index (χ4v) is 2.48. The van der Waals surface area contributed by atoms with Crippen molar-refractivity contribution in [2.45, 2.75) is 19.3 Å². The van der Waals surface area contributed by atoms with Gasteiger partial charge in [0.05, 0.1) is 0 Å². The van der Waals surface area contributed by atoms with Gasteiger partial charge in [0.2, 0.25) is 5.91 Å². The molecule has 1 aromatic carbocycles. The van der Waals surface area contributed by atoms with Crippen LogP contribution in [0.2, 0.25) is 5.02 Å². The van der Waals surface area contributed by atoms with Gasteiger partial charge in [-0.25, -0.2) is 0 Å². The summed E-state index contributed by atoms with van der Waals surface area (Å²) >= 11 is 5.79. The summed E-state index contributed by atoms with van der Waals surface area (Å²) in [5, 5.41) is 15.3. The van der Waals surface area contributed by atoms with E-state index in [4.69, 9.17) is 16.9 Å². The van der Waals surface area contributed by atoms with E-state index in [2.05, 4.69) is 10.6 Å². The number of hydrogen-bond donors (Lipinski definition) is 2. The molecule has 0 aromatic heterocycles. The molecule has 1 fully saturated rings. The first-order valence-electron chi connectivity index (χ1n) is 7.78. The number of halogens is 1. The average Bonchev–Trinajstić information content (AvgIpc) is 2.99. The van der Waals surface area contributed by atoms with Crippen LogP contribution in [-0.2, 0) is 9.59 Å². The number of likely N-dealkylation sites (tertiary alicyclic amines) is 1. The van der Waals surface area contributed by atoms with Crippen molar-refractivity contribution in [2.24, 2.45) is 0 Å². The van der Waals surface area contributed by atoms with Crippen molar-refractivity contribution < 1.29 is 9.59 Å². The molecule has 0 bridgehead atoms. The third-order valence-electron chi connectivity index (χ3n) is 3.65. The van der Waals surface area contributed by atoms with Gasteiger partial charge in [0.1, 0.15) is 11.6 Å². The van der Waals surface area contributed by atoms with Gasteiger partial charge in [0.15, 0.2) is 0 Å². The fraction of sp³-hybridized carbons (Fsp3) is 0.353. The number of hydrogen-bond acceptors (Lipinski definition) is 4. The molecule has 126 valence electrons. The highest BCUT2D eigenvalue weighted by molar-refractivity contribution is 6.30. The van der Waals surface area contributed by atoms with Crippen LogP contribution in [0.25, 0.3) is 0 Å². The number of carbonyl (C=O) groups is 2. The van der Waals surface area contributed by atoms with E-state index in [-0.39, 0.29) is 11.5 Å². The minimum absolute atomic E-state index is 0.0119. The molecule has 0 aliphatic carbocycles. The molecular weight excluding hydrogens is 328 g/mol. The summed E-state index contributed by atoms with van der Waals surface area (Å²) in [5.74, 6) is -0.266. The zero-order chi connectivity index (χ0) is 17.4. The van der Waals surface area contributed by atoms with Crippen LogP contribution >= 0.6 is 11.6 Å². The van der Waals surface area contributed by atoms with Crippen molar-refractivity contribution in [2.75, 3.05) is 25.0 Å². The number of nitrogens with zero attached hydrogens (tertiary/aromatic N) is 2. The van der Waals surface area contributed by atoms with E-state index < -0.39 is 5.91 Å². The van der Waals surface area contributed by atoms with Gasteiger partial charge >= 0.3 is 0 Å². The lowest BCUT2D eigenvalue weighted by Crippen LogP contribution is -2.31. The second-order valence-corrected chi connectivity index (χ2v) is 5.85. The number of amides is 2. The predicted molar refractivity (Wildman–Crippen MR) is 92.2 cm³/mol. The summed E-state index contributed by atoms with van der Waals surface area (Å²) in [5.41, 5.74) is 0.717. The van der Waals surface area contributed by atoms with Crippen LogP contribution < -0.4 is 10.6 Å². The van der Waals surface area contributed by atoms with Crippen LogP contribution in [-0.4, -0.2) is 36.3 Å². The standard InChI is InChI=1S/C17H19ClN4O2/c18-14-4-6-15(7-5-14)21-12-13(11-19)17(24)20-8-2-10-22-9-1-3-16(22)23/h4-7,12,21H,1-3,8-10H2,(H,20,24)/b13-12-. The summed E-state index contributed by atoms with van der Waals surface area (Å²) in [4.78, 5) is 25.2. The first-order valence-corrected chi connectivity index (χ1v) is 8.16. The van der Waals surface area contributed by atoms with Crippen LogP contribution in [0.15, 0.2) is 36.0 Å². The quantitative estimate of drug-likeness (QED) is 0.450. The smallest absolute Gasteiger partial charge is 0.263 e. The number of anilines is 1. The SMILES string of the molecule is N#C/C(=C/Nc1ccc(Cl)cc1)C(=O)NCCCN1CCCC1=O. The summed E-state index contributed by atoms with van der Waals surface area (Å²) < 4.78 is 0. The van der Waals surface area contributed by atoms with E-state index in [1.165, 1.54) is 6.20 Å². The van der Waals surface area contributed by atoms with Gasteiger partial charge in [0.25, 0.3) is 5.91 Å². The van der Waals surface area contributed by atoms with E-state index in [1.807, 2.05) is 6.07 Å². The van der Waals surface area contributed by atoms with Crippen LogP contribution in [0.5, 0.6) is 0 Å². The lowest BCUT2D eigenvalue weighted by molar-refractivity contribution is -0.127. The lowest BCUT2D eigenvalue weighted by Gasteiger charge is -2.15. The Kier molecular flexibility index (Phi) is 6.64. The Morgan fingerprint density at radius 1 is 1.38 bits per heavy atom. The van der Waals surface area contributed by atoms with E-state index in [9.17, 15) is 9.59 Å². The Hall–Kier alpha value is -2.52. The molecule has 2 amide bonds. The molecule has 0 spiro atoms.